The highest BCUT2D eigenvalue weighted by molar-refractivity contribution is 6.32. The van der Waals surface area contributed by atoms with Crippen molar-refractivity contribution in [1.82, 2.24) is 14.9 Å². The molecule has 0 fully saturated rings. The van der Waals surface area contributed by atoms with Crippen LogP contribution in [0, 0.1) is 0 Å². The Morgan fingerprint density at radius 1 is 1.23 bits per heavy atom. The molecule has 6 nitrogen and oxygen atoms in total. The lowest BCUT2D eigenvalue weighted by Crippen LogP contribution is -2.42. The zero-order chi connectivity index (χ0) is 19.1. The Kier molecular flexibility index (Phi) is 4.46. The quantitative estimate of drug-likeness (QED) is 0.667. The number of fused-ring (bicyclic) bond motifs is 1. The van der Waals surface area contributed by atoms with Crippen LogP contribution in [0.2, 0.25) is 5.02 Å². The van der Waals surface area contributed by atoms with Gasteiger partial charge in [-0.05, 0) is 51.1 Å². The van der Waals surface area contributed by atoms with E-state index in [0.29, 0.717) is 21.5 Å². The maximum atomic E-state index is 12.9. The molecule has 1 amide bonds. The fraction of sp³-hybridized carbons (Fsp3) is 0.211. The lowest BCUT2D eigenvalue weighted by atomic mass is 10.0. The Hall–Kier alpha value is -2.86. The second kappa shape index (κ2) is 6.46. The number of aromatic nitrogens is 2. The van der Waals surface area contributed by atoms with Gasteiger partial charge in [-0.25, -0.2) is 9.36 Å². The molecule has 1 aromatic carbocycles. The van der Waals surface area contributed by atoms with Crippen LogP contribution < -0.4 is 5.32 Å². The number of nitrogens with zero attached hydrogens (tertiary/aromatic N) is 2. The van der Waals surface area contributed by atoms with Gasteiger partial charge in [0.05, 0.1) is 11.1 Å². The molecule has 0 radical (unpaired) electrons. The van der Waals surface area contributed by atoms with Gasteiger partial charge in [-0.15, -0.1) is 0 Å². The summed E-state index contributed by atoms with van der Waals surface area (Å²) < 4.78 is 1.08. The van der Waals surface area contributed by atoms with Gasteiger partial charge < -0.3 is 10.4 Å². The molecular weight excluding hydrogens is 354 g/mol. The molecule has 0 bridgehead atoms. The second-order valence-electron chi connectivity index (χ2n) is 6.95. The van der Waals surface area contributed by atoms with E-state index in [1.165, 1.54) is 6.20 Å². The minimum absolute atomic E-state index is 0.0135. The Morgan fingerprint density at radius 2 is 1.96 bits per heavy atom. The number of carbonyl (C=O) groups is 2. The molecule has 3 aromatic rings. The molecule has 0 spiro atoms. The molecule has 0 aliphatic rings. The van der Waals surface area contributed by atoms with Gasteiger partial charge in [-0.1, -0.05) is 11.6 Å². The van der Waals surface area contributed by atoms with Crippen molar-refractivity contribution in [3.05, 3.63) is 58.9 Å². The first-order valence-corrected chi connectivity index (χ1v) is 8.37. The number of pyridine rings is 1. The lowest BCUT2D eigenvalue weighted by Gasteiger charge is -2.21. The van der Waals surface area contributed by atoms with Gasteiger partial charge in [-0.3, -0.25) is 9.78 Å². The fourth-order valence-corrected chi connectivity index (χ4v) is 2.87. The van der Waals surface area contributed by atoms with E-state index in [2.05, 4.69) is 10.3 Å². The third-order valence-electron chi connectivity index (χ3n) is 3.74. The largest absolute Gasteiger partial charge is 0.494 e. The summed E-state index contributed by atoms with van der Waals surface area (Å²) >= 11 is 6.07. The molecule has 3 rings (SSSR count). The van der Waals surface area contributed by atoms with Gasteiger partial charge in [0.2, 0.25) is 11.7 Å². The predicted octanol–water partition coefficient (Wildman–Crippen LogP) is 3.98. The zero-order valence-corrected chi connectivity index (χ0v) is 15.3. The second-order valence-corrected chi connectivity index (χ2v) is 7.38. The van der Waals surface area contributed by atoms with Crippen molar-refractivity contribution in [2.24, 2.45) is 0 Å². The summed E-state index contributed by atoms with van der Waals surface area (Å²) in [6.07, 6.45) is 2.96. The SMILES string of the molecule is CC(C)(C)NC(=O)n1c(O)c(C(=O)c2cccnc2)c2cc(Cl)ccc21. The minimum Gasteiger partial charge on any atom is -0.494 e. The summed E-state index contributed by atoms with van der Waals surface area (Å²) in [5.41, 5.74) is 0.193. The van der Waals surface area contributed by atoms with E-state index in [0.717, 1.165) is 4.57 Å². The molecule has 7 heteroatoms. The van der Waals surface area contributed by atoms with E-state index in [4.69, 9.17) is 11.6 Å². The number of carbonyl (C=O) groups excluding carboxylic acids is 2. The van der Waals surface area contributed by atoms with Crippen LogP contribution in [0.1, 0.15) is 36.7 Å². The summed E-state index contributed by atoms with van der Waals surface area (Å²) in [6.45, 7) is 5.48. The molecule has 0 saturated heterocycles. The Labute approximate surface area is 155 Å². The predicted molar refractivity (Wildman–Crippen MR) is 100.0 cm³/mol. The summed E-state index contributed by atoms with van der Waals surface area (Å²) in [7, 11) is 0. The van der Waals surface area contributed by atoms with Crippen LogP contribution in [0.5, 0.6) is 5.88 Å². The first-order valence-electron chi connectivity index (χ1n) is 7.99. The van der Waals surface area contributed by atoms with Gasteiger partial charge in [0, 0.05) is 33.9 Å². The molecule has 0 atom stereocenters. The summed E-state index contributed by atoms with van der Waals surface area (Å²) in [5.74, 6) is -0.872. The molecule has 0 aliphatic heterocycles. The highest BCUT2D eigenvalue weighted by atomic mass is 35.5. The van der Waals surface area contributed by atoms with Crippen LogP contribution in [0.4, 0.5) is 4.79 Å². The molecule has 0 aliphatic carbocycles. The number of ketones is 1. The van der Waals surface area contributed by atoms with Crippen molar-refractivity contribution in [3.63, 3.8) is 0 Å². The van der Waals surface area contributed by atoms with Crippen LogP contribution in [-0.2, 0) is 0 Å². The van der Waals surface area contributed by atoms with Crippen LogP contribution in [0.15, 0.2) is 42.7 Å². The standard InChI is InChI=1S/C19H18ClN3O3/c1-19(2,3)22-18(26)23-14-7-6-12(20)9-13(14)15(17(23)25)16(24)11-5-4-8-21-10-11/h4-10,25H,1-3H3,(H,22,26). The van der Waals surface area contributed by atoms with Crippen molar-refractivity contribution in [1.29, 1.82) is 0 Å². The lowest BCUT2D eigenvalue weighted by molar-refractivity contribution is 0.103. The molecule has 2 heterocycles. The highest BCUT2D eigenvalue weighted by Crippen LogP contribution is 2.34. The molecule has 0 unspecified atom stereocenters. The summed E-state index contributed by atoms with van der Waals surface area (Å²) in [6, 6.07) is 7.44. The maximum absolute atomic E-state index is 12.9. The van der Waals surface area contributed by atoms with E-state index in [9.17, 15) is 14.7 Å². The van der Waals surface area contributed by atoms with E-state index in [1.54, 1.807) is 36.5 Å². The third kappa shape index (κ3) is 3.28. The average Bonchev–Trinajstić information content (AvgIpc) is 2.84. The number of benzene rings is 1. The Bertz CT molecular complexity index is 1000. The van der Waals surface area contributed by atoms with Crippen LogP contribution in [0.3, 0.4) is 0 Å². The highest BCUT2D eigenvalue weighted by Gasteiger charge is 2.28. The van der Waals surface area contributed by atoms with Gasteiger partial charge in [0.1, 0.15) is 0 Å². The van der Waals surface area contributed by atoms with E-state index >= 15 is 0 Å². The van der Waals surface area contributed by atoms with Crippen molar-refractivity contribution in [2.75, 3.05) is 0 Å². The van der Waals surface area contributed by atoms with Crippen molar-refractivity contribution in [3.8, 4) is 5.88 Å². The number of amides is 1. The van der Waals surface area contributed by atoms with E-state index in [1.807, 2.05) is 20.8 Å². The number of nitrogens with one attached hydrogen (secondary N) is 1. The van der Waals surface area contributed by atoms with Crippen molar-refractivity contribution in [2.45, 2.75) is 26.3 Å². The van der Waals surface area contributed by atoms with Crippen LogP contribution in [-0.4, -0.2) is 32.0 Å². The smallest absolute Gasteiger partial charge is 0.329 e. The third-order valence-corrected chi connectivity index (χ3v) is 3.98. The zero-order valence-electron chi connectivity index (χ0n) is 14.6. The topological polar surface area (TPSA) is 84.2 Å². The molecular formula is C19H18ClN3O3. The molecule has 134 valence electrons. The van der Waals surface area contributed by atoms with Gasteiger partial charge >= 0.3 is 6.03 Å². The molecule has 26 heavy (non-hydrogen) atoms. The number of rotatable bonds is 2. The summed E-state index contributed by atoms with van der Waals surface area (Å²) in [4.78, 5) is 29.5. The minimum atomic E-state index is -0.535. The van der Waals surface area contributed by atoms with E-state index < -0.39 is 23.2 Å². The van der Waals surface area contributed by atoms with Gasteiger partial charge in [0.15, 0.2) is 0 Å². The monoisotopic (exact) mass is 371 g/mol. The first-order chi connectivity index (χ1) is 12.2. The molecule has 2 N–H and O–H groups in total. The fourth-order valence-electron chi connectivity index (χ4n) is 2.70. The maximum Gasteiger partial charge on any atom is 0.329 e. The van der Waals surface area contributed by atoms with Crippen LogP contribution in [0.25, 0.3) is 10.9 Å². The number of hydrogen-bond acceptors (Lipinski definition) is 4. The molecule has 2 aromatic heterocycles. The average molecular weight is 372 g/mol. The first kappa shape index (κ1) is 17.9. The van der Waals surface area contributed by atoms with Crippen LogP contribution >= 0.6 is 11.6 Å². The Balaban J connectivity index is 2.24. The number of aromatic hydroxyl groups is 1. The van der Waals surface area contributed by atoms with Crippen molar-refractivity contribution < 1.29 is 14.7 Å². The van der Waals surface area contributed by atoms with E-state index in [-0.39, 0.29) is 5.56 Å². The number of halogens is 1. The normalized spacial score (nSPS) is 11.5. The number of hydrogen-bond donors (Lipinski definition) is 2. The molecule has 0 saturated carbocycles. The Morgan fingerprint density at radius 3 is 2.58 bits per heavy atom. The summed E-state index contributed by atoms with van der Waals surface area (Å²) in [5, 5.41) is 14.3. The van der Waals surface area contributed by atoms with Crippen molar-refractivity contribution >= 4 is 34.3 Å². The van der Waals surface area contributed by atoms with Gasteiger partial charge in [0.25, 0.3) is 0 Å². The van der Waals surface area contributed by atoms with Gasteiger partial charge in [-0.2, -0.15) is 0 Å².